The number of carbonyl (C=O) groups excluding carboxylic acids is 1. The van der Waals surface area contributed by atoms with Gasteiger partial charge in [0.25, 0.3) is 5.69 Å². The van der Waals surface area contributed by atoms with Gasteiger partial charge in [-0.05, 0) is 29.8 Å². The van der Waals surface area contributed by atoms with Gasteiger partial charge in [-0.3, -0.25) is 10.1 Å². The van der Waals surface area contributed by atoms with Crippen LogP contribution in [0, 0.1) is 10.1 Å². The van der Waals surface area contributed by atoms with Crippen molar-refractivity contribution < 1.29 is 14.5 Å². The second kappa shape index (κ2) is 7.38. The van der Waals surface area contributed by atoms with Crippen molar-refractivity contribution in [3.8, 4) is 0 Å². The fourth-order valence-electron chi connectivity index (χ4n) is 1.75. The van der Waals surface area contributed by atoms with Crippen LogP contribution in [0.4, 0.5) is 5.69 Å². The Morgan fingerprint density at radius 2 is 1.86 bits per heavy atom. The molecular formula is C16H12ClNO4. The molecule has 0 heterocycles. The van der Waals surface area contributed by atoms with E-state index in [2.05, 4.69) is 0 Å². The van der Waals surface area contributed by atoms with Gasteiger partial charge in [-0.1, -0.05) is 35.9 Å². The number of hydrogen-bond acceptors (Lipinski definition) is 4. The first kappa shape index (κ1) is 15.7. The van der Waals surface area contributed by atoms with E-state index in [1.807, 2.05) is 0 Å². The molecule has 0 unspecified atom stereocenters. The molecule has 0 saturated carbocycles. The minimum absolute atomic E-state index is 0.0722. The van der Waals surface area contributed by atoms with Crippen LogP contribution in [0.25, 0.3) is 6.08 Å². The maximum atomic E-state index is 11.6. The van der Waals surface area contributed by atoms with E-state index >= 15 is 0 Å². The lowest BCUT2D eigenvalue weighted by atomic mass is 10.2. The van der Waals surface area contributed by atoms with E-state index in [4.69, 9.17) is 16.3 Å². The number of nitro benzene ring substituents is 1. The SMILES string of the molecule is O=C(/C=C/c1ccc(Cl)cc1)OCc1ccccc1[N+](=O)[O-]. The number of rotatable bonds is 5. The number of nitrogens with zero attached hydrogens (tertiary/aromatic N) is 1. The third-order valence-electron chi connectivity index (χ3n) is 2.84. The highest BCUT2D eigenvalue weighted by atomic mass is 35.5. The highest BCUT2D eigenvalue weighted by Gasteiger charge is 2.13. The first-order valence-electron chi connectivity index (χ1n) is 6.39. The van der Waals surface area contributed by atoms with Gasteiger partial charge in [-0.25, -0.2) is 4.79 Å². The predicted octanol–water partition coefficient (Wildman–Crippen LogP) is 4.00. The third kappa shape index (κ3) is 4.43. The van der Waals surface area contributed by atoms with Gasteiger partial charge in [0, 0.05) is 17.2 Å². The zero-order chi connectivity index (χ0) is 15.9. The van der Waals surface area contributed by atoms with Gasteiger partial charge in [0.15, 0.2) is 0 Å². The Morgan fingerprint density at radius 1 is 1.18 bits per heavy atom. The van der Waals surface area contributed by atoms with Crippen LogP contribution in [0.2, 0.25) is 5.02 Å². The highest BCUT2D eigenvalue weighted by Crippen LogP contribution is 2.18. The van der Waals surface area contributed by atoms with Crippen molar-refractivity contribution in [2.75, 3.05) is 0 Å². The highest BCUT2D eigenvalue weighted by molar-refractivity contribution is 6.30. The molecule has 0 aromatic heterocycles. The van der Waals surface area contributed by atoms with Crippen molar-refractivity contribution >= 4 is 29.3 Å². The second-order valence-electron chi connectivity index (χ2n) is 4.38. The van der Waals surface area contributed by atoms with E-state index in [1.165, 1.54) is 12.1 Å². The van der Waals surface area contributed by atoms with Crippen LogP contribution >= 0.6 is 11.6 Å². The summed E-state index contributed by atoms with van der Waals surface area (Å²) in [5, 5.41) is 11.5. The van der Waals surface area contributed by atoms with Crippen LogP contribution in [0.5, 0.6) is 0 Å². The molecule has 0 amide bonds. The molecule has 2 aromatic carbocycles. The van der Waals surface area contributed by atoms with E-state index in [0.717, 1.165) is 5.56 Å². The number of nitro groups is 1. The summed E-state index contributed by atoms with van der Waals surface area (Å²) < 4.78 is 5.01. The molecule has 2 rings (SSSR count). The minimum atomic E-state index is -0.576. The van der Waals surface area contributed by atoms with Gasteiger partial charge >= 0.3 is 5.97 Å². The predicted molar refractivity (Wildman–Crippen MR) is 83.4 cm³/mol. The van der Waals surface area contributed by atoms with E-state index in [0.29, 0.717) is 10.6 Å². The summed E-state index contributed by atoms with van der Waals surface area (Å²) in [6.45, 7) is -0.152. The topological polar surface area (TPSA) is 69.4 Å². The average molecular weight is 318 g/mol. The molecule has 112 valence electrons. The maximum Gasteiger partial charge on any atom is 0.331 e. The Labute approximate surface area is 131 Å². The lowest BCUT2D eigenvalue weighted by Gasteiger charge is -2.03. The van der Waals surface area contributed by atoms with Crippen molar-refractivity contribution in [2.24, 2.45) is 0 Å². The Hall–Kier alpha value is -2.66. The Kier molecular flexibility index (Phi) is 5.27. The summed E-state index contributed by atoms with van der Waals surface area (Å²) in [5.41, 5.74) is 1.07. The first-order valence-corrected chi connectivity index (χ1v) is 6.77. The van der Waals surface area contributed by atoms with Crippen LogP contribution in [0.3, 0.4) is 0 Å². The van der Waals surface area contributed by atoms with E-state index in [9.17, 15) is 14.9 Å². The van der Waals surface area contributed by atoms with Gasteiger partial charge in [0.2, 0.25) is 0 Å². The molecule has 0 spiro atoms. The standard InChI is InChI=1S/C16H12ClNO4/c17-14-8-5-12(6-9-14)7-10-16(19)22-11-13-3-1-2-4-15(13)18(20)21/h1-10H,11H2/b10-7+. The fraction of sp³-hybridized carbons (Fsp3) is 0.0625. The van der Waals surface area contributed by atoms with Crippen LogP contribution in [-0.4, -0.2) is 10.9 Å². The number of hydrogen-bond donors (Lipinski definition) is 0. The lowest BCUT2D eigenvalue weighted by molar-refractivity contribution is -0.385. The molecule has 0 aliphatic carbocycles. The number of benzene rings is 2. The smallest absolute Gasteiger partial charge is 0.331 e. The lowest BCUT2D eigenvalue weighted by Crippen LogP contribution is -2.03. The van der Waals surface area contributed by atoms with Gasteiger partial charge in [-0.15, -0.1) is 0 Å². The summed E-state index contributed by atoms with van der Waals surface area (Å²) in [6, 6.07) is 13.1. The molecular weight excluding hydrogens is 306 g/mol. The molecule has 0 aliphatic rings. The molecule has 0 fully saturated rings. The summed E-state index contributed by atoms with van der Waals surface area (Å²) in [7, 11) is 0. The molecule has 0 bridgehead atoms. The number of halogens is 1. The summed E-state index contributed by atoms with van der Waals surface area (Å²) in [5.74, 6) is -0.576. The molecule has 0 saturated heterocycles. The zero-order valence-electron chi connectivity index (χ0n) is 11.4. The summed E-state index contributed by atoms with van der Waals surface area (Å²) in [6.07, 6.45) is 2.84. The maximum absolute atomic E-state index is 11.6. The molecule has 22 heavy (non-hydrogen) atoms. The van der Waals surface area contributed by atoms with Crippen LogP contribution in [0.1, 0.15) is 11.1 Å². The van der Waals surface area contributed by atoms with Crippen molar-refractivity contribution in [1.29, 1.82) is 0 Å². The van der Waals surface area contributed by atoms with Gasteiger partial charge in [0.1, 0.15) is 6.61 Å². The van der Waals surface area contributed by atoms with E-state index < -0.39 is 10.9 Å². The molecule has 2 aromatic rings. The van der Waals surface area contributed by atoms with Crippen LogP contribution in [-0.2, 0) is 16.1 Å². The van der Waals surface area contributed by atoms with Gasteiger partial charge < -0.3 is 4.74 Å². The fourth-order valence-corrected chi connectivity index (χ4v) is 1.87. The Balaban J connectivity index is 1.96. The van der Waals surface area contributed by atoms with Crippen LogP contribution < -0.4 is 0 Å². The Morgan fingerprint density at radius 3 is 2.55 bits per heavy atom. The number of esters is 1. The third-order valence-corrected chi connectivity index (χ3v) is 3.09. The monoisotopic (exact) mass is 317 g/mol. The van der Waals surface area contributed by atoms with Crippen molar-refractivity contribution in [2.45, 2.75) is 6.61 Å². The quantitative estimate of drug-likeness (QED) is 0.361. The molecule has 0 aliphatic heterocycles. The number of para-hydroxylation sites is 1. The van der Waals surface area contributed by atoms with Gasteiger partial charge in [-0.2, -0.15) is 0 Å². The molecule has 0 radical (unpaired) electrons. The van der Waals surface area contributed by atoms with E-state index in [-0.39, 0.29) is 12.3 Å². The minimum Gasteiger partial charge on any atom is -0.457 e. The average Bonchev–Trinajstić information content (AvgIpc) is 2.52. The van der Waals surface area contributed by atoms with Crippen LogP contribution in [0.15, 0.2) is 54.6 Å². The van der Waals surface area contributed by atoms with Crippen molar-refractivity contribution in [3.05, 3.63) is 80.9 Å². The summed E-state index contributed by atoms with van der Waals surface area (Å²) >= 11 is 5.76. The number of ether oxygens (including phenoxy) is 1. The normalized spacial score (nSPS) is 10.6. The Bertz CT molecular complexity index is 710. The zero-order valence-corrected chi connectivity index (χ0v) is 12.2. The largest absolute Gasteiger partial charge is 0.457 e. The van der Waals surface area contributed by atoms with E-state index in [1.54, 1.807) is 48.5 Å². The van der Waals surface area contributed by atoms with Crippen molar-refractivity contribution in [3.63, 3.8) is 0 Å². The molecule has 6 heteroatoms. The van der Waals surface area contributed by atoms with Gasteiger partial charge in [0.05, 0.1) is 10.5 Å². The van der Waals surface area contributed by atoms with Crippen molar-refractivity contribution in [1.82, 2.24) is 0 Å². The first-order chi connectivity index (χ1) is 10.6. The summed E-state index contributed by atoms with van der Waals surface area (Å²) in [4.78, 5) is 22.0. The molecule has 0 N–H and O–H groups in total. The molecule has 0 atom stereocenters. The number of carbonyl (C=O) groups is 1. The second-order valence-corrected chi connectivity index (χ2v) is 4.81. The molecule has 5 nitrogen and oxygen atoms in total.